The van der Waals surface area contributed by atoms with E-state index in [2.05, 4.69) is 74.6 Å². The van der Waals surface area contributed by atoms with Crippen LogP contribution < -0.4 is 5.32 Å². The Bertz CT molecular complexity index is 513. The fraction of sp³-hybridized carbons (Fsp3) is 0.333. The van der Waals surface area contributed by atoms with Crippen molar-refractivity contribution in [3.05, 3.63) is 70.8 Å². The molecule has 0 aliphatic rings. The number of likely N-dealkylation sites (N-methyl/N-ethyl adjacent to an activating group) is 1. The number of hydrogen-bond donors (Lipinski definition) is 1. The van der Waals surface area contributed by atoms with Gasteiger partial charge >= 0.3 is 0 Å². The molecule has 100 valence electrons. The van der Waals surface area contributed by atoms with E-state index in [4.69, 9.17) is 0 Å². The molecule has 0 aliphatic carbocycles. The zero-order chi connectivity index (χ0) is 13.7. The molecule has 0 aromatic heterocycles. The molecule has 1 atom stereocenters. The summed E-state index contributed by atoms with van der Waals surface area (Å²) in [6.45, 7) is 7.44. The van der Waals surface area contributed by atoms with Gasteiger partial charge in [0.05, 0.1) is 0 Å². The topological polar surface area (TPSA) is 12.0 Å². The smallest absolute Gasteiger partial charge is 0.0360 e. The van der Waals surface area contributed by atoms with Crippen LogP contribution in [-0.4, -0.2) is 6.54 Å². The average Bonchev–Trinajstić information content (AvgIpc) is 2.39. The molecule has 0 heterocycles. The Morgan fingerprint density at radius 2 is 1.68 bits per heavy atom. The van der Waals surface area contributed by atoms with E-state index < -0.39 is 0 Å². The van der Waals surface area contributed by atoms with Crippen LogP contribution in [0.1, 0.15) is 35.2 Å². The van der Waals surface area contributed by atoms with Crippen molar-refractivity contribution in [3.8, 4) is 0 Å². The third-order valence-electron chi connectivity index (χ3n) is 3.45. The van der Waals surface area contributed by atoms with E-state index in [0.29, 0.717) is 6.04 Å². The third-order valence-corrected chi connectivity index (χ3v) is 3.45. The summed E-state index contributed by atoms with van der Waals surface area (Å²) in [5.41, 5.74) is 5.41. The SMILES string of the molecule is CCNC(Cc1cccc(C)c1)c1ccc(C)cc1. The monoisotopic (exact) mass is 253 g/mol. The second kappa shape index (κ2) is 6.53. The van der Waals surface area contributed by atoms with Gasteiger partial charge in [-0.15, -0.1) is 0 Å². The molecule has 0 radical (unpaired) electrons. The highest BCUT2D eigenvalue weighted by Gasteiger charge is 2.10. The first-order valence-electron chi connectivity index (χ1n) is 7.04. The van der Waals surface area contributed by atoms with Crippen LogP contribution in [0.25, 0.3) is 0 Å². The number of rotatable bonds is 5. The first-order chi connectivity index (χ1) is 9.19. The third kappa shape index (κ3) is 3.93. The van der Waals surface area contributed by atoms with Crippen molar-refractivity contribution in [2.24, 2.45) is 0 Å². The summed E-state index contributed by atoms with van der Waals surface area (Å²) in [5, 5.41) is 3.59. The van der Waals surface area contributed by atoms with Crippen LogP contribution in [-0.2, 0) is 6.42 Å². The summed E-state index contributed by atoms with van der Waals surface area (Å²) in [6, 6.07) is 18.0. The van der Waals surface area contributed by atoms with E-state index >= 15 is 0 Å². The van der Waals surface area contributed by atoms with Crippen molar-refractivity contribution in [2.75, 3.05) is 6.54 Å². The normalized spacial score (nSPS) is 12.4. The first kappa shape index (κ1) is 13.8. The molecule has 1 nitrogen and oxygen atoms in total. The molecule has 0 amide bonds. The van der Waals surface area contributed by atoms with Gasteiger partial charge in [0.1, 0.15) is 0 Å². The fourth-order valence-corrected chi connectivity index (χ4v) is 2.43. The zero-order valence-electron chi connectivity index (χ0n) is 12.1. The Morgan fingerprint density at radius 3 is 2.32 bits per heavy atom. The molecular weight excluding hydrogens is 230 g/mol. The van der Waals surface area contributed by atoms with E-state index in [1.807, 2.05) is 0 Å². The maximum Gasteiger partial charge on any atom is 0.0360 e. The maximum atomic E-state index is 3.59. The fourth-order valence-electron chi connectivity index (χ4n) is 2.43. The van der Waals surface area contributed by atoms with E-state index in [1.165, 1.54) is 22.3 Å². The lowest BCUT2D eigenvalue weighted by Crippen LogP contribution is -2.22. The van der Waals surface area contributed by atoms with Gasteiger partial charge in [-0.3, -0.25) is 0 Å². The number of aryl methyl sites for hydroxylation is 2. The van der Waals surface area contributed by atoms with Crippen LogP contribution >= 0.6 is 0 Å². The molecule has 2 rings (SSSR count). The van der Waals surface area contributed by atoms with Crippen LogP contribution in [0.4, 0.5) is 0 Å². The molecule has 19 heavy (non-hydrogen) atoms. The molecular formula is C18H23N. The van der Waals surface area contributed by atoms with Crippen molar-refractivity contribution in [2.45, 2.75) is 33.2 Å². The molecule has 1 unspecified atom stereocenters. The number of nitrogens with one attached hydrogen (secondary N) is 1. The predicted octanol–water partition coefficient (Wildman–Crippen LogP) is 4.20. The van der Waals surface area contributed by atoms with Gasteiger partial charge in [0.2, 0.25) is 0 Å². The minimum atomic E-state index is 0.396. The highest BCUT2D eigenvalue weighted by atomic mass is 14.9. The number of hydrogen-bond acceptors (Lipinski definition) is 1. The standard InChI is InChI=1S/C18H23N/c1-4-19-18(17-10-8-14(2)9-11-17)13-16-7-5-6-15(3)12-16/h5-12,18-19H,4,13H2,1-3H3. The largest absolute Gasteiger partial charge is 0.310 e. The molecule has 2 aromatic carbocycles. The van der Waals surface area contributed by atoms with E-state index in [0.717, 1.165) is 13.0 Å². The second-order valence-electron chi connectivity index (χ2n) is 5.21. The quantitative estimate of drug-likeness (QED) is 0.842. The molecule has 0 fully saturated rings. The summed E-state index contributed by atoms with van der Waals surface area (Å²) >= 11 is 0. The van der Waals surface area contributed by atoms with Crippen molar-refractivity contribution < 1.29 is 0 Å². The average molecular weight is 253 g/mol. The minimum absolute atomic E-state index is 0.396. The van der Waals surface area contributed by atoms with E-state index in [1.54, 1.807) is 0 Å². The van der Waals surface area contributed by atoms with Crippen LogP contribution in [0.2, 0.25) is 0 Å². The van der Waals surface area contributed by atoms with Gasteiger partial charge in [0.15, 0.2) is 0 Å². The van der Waals surface area contributed by atoms with E-state index in [9.17, 15) is 0 Å². The molecule has 0 saturated heterocycles. The summed E-state index contributed by atoms with van der Waals surface area (Å²) in [5.74, 6) is 0. The molecule has 0 spiro atoms. The van der Waals surface area contributed by atoms with Crippen LogP contribution in [0.5, 0.6) is 0 Å². The van der Waals surface area contributed by atoms with Gasteiger partial charge in [-0.05, 0) is 37.9 Å². The summed E-state index contributed by atoms with van der Waals surface area (Å²) < 4.78 is 0. The highest BCUT2D eigenvalue weighted by Crippen LogP contribution is 2.19. The van der Waals surface area contributed by atoms with Crippen molar-refractivity contribution >= 4 is 0 Å². The molecule has 1 heteroatoms. The molecule has 2 aromatic rings. The van der Waals surface area contributed by atoms with Crippen LogP contribution in [0.15, 0.2) is 48.5 Å². The van der Waals surface area contributed by atoms with Crippen LogP contribution in [0, 0.1) is 13.8 Å². The lowest BCUT2D eigenvalue weighted by atomic mass is 9.97. The molecule has 0 saturated carbocycles. The molecule has 1 N–H and O–H groups in total. The summed E-state index contributed by atoms with van der Waals surface area (Å²) in [6.07, 6.45) is 1.04. The summed E-state index contributed by atoms with van der Waals surface area (Å²) in [4.78, 5) is 0. The van der Waals surface area contributed by atoms with Gasteiger partial charge in [0, 0.05) is 6.04 Å². The first-order valence-corrected chi connectivity index (χ1v) is 7.04. The van der Waals surface area contributed by atoms with Gasteiger partial charge in [0.25, 0.3) is 0 Å². The lowest BCUT2D eigenvalue weighted by molar-refractivity contribution is 0.549. The Labute approximate surface area is 116 Å². The van der Waals surface area contributed by atoms with E-state index in [-0.39, 0.29) is 0 Å². The Morgan fingerprint density at radius 1 is 0.947 bits per heavy atom. The Balaban J connectivity index is 2.18. The molecule has 0 bridgehead atoms. The predicted molar refractivity (Wildman–Crippen MR) is 82.5 cm³/mol. The highest BCUT2D eigenvalue weighted by molar-refractivity contribution is 5.28. The Kier molecular flexibility index (Phi) is 4.75. The maximum absolute atomic E-state index is 3.59. The van der Waals surface area contributed by atoms with Crippen LogP contribution in [0.3, 0.4) is 0 Å². The summed E-state index contributed by atoms with van der Waals surface area (Å²) in [7, 11) is 0. The van der Waals surface area contributed by atoms with Gasteiger partial charge < -0.3 is 5.32 Å². The van der Waals surface area contributed by atoms with Gasteiger partial charge in [-0.2, -0.15) is 0 Å². The van der Waals surface area contributed by atoms with Gasteiger partial charge in [-0.1, -0.05) is 66.6 Å². The van der Waals surface area contributed by atoms with Crippen molar-refractivity contribution in [3.63, 3.8) is 0 Å². The molecule has 0 aliphatic heterocycles. The van der Waals surface area contributed by atoms with Crippen molar-refractivity contribution in [1.82, 2.24) is 5.32 Å². The zero-order valence-corrected chi connectivity index (χ0v) is 12.1. The minimum Gasteiger partial charge on any atom is -0.310 e. The second-order valence-corrected chi connectivity index (χ2v) is 5.21. The Hall–Kier alpha value is -1.60. The van der Waals surface area contributed by atoms with Gasteiger partial charge in [-0.25, -0.2) is 0 Å². The van der Waals surface area contributed by atoms with Crippen molar-refractivity contribution in [1.29, 1.82) is 0 Å². The lowest BCUT2D eigenvalue weighted by Gasteiger charge is -2.19. The number of benzene rings is 2.